The van der Waals surface area contributed by atoms with Gasteiger partial charge in [0.15, 0.2) is 5.96 Å². The fourth-order valence-electron chi connectivity index (χ4n) is 3.07. The van der Waals surface area contributed by atoms with Crippen molar-refractivity contribution in [2.24, 2.45) is 4.99 Å². The van der Waals surface area contributed by atoms with Gasteiger partial charge in [-0.2, -0.15) is 4.31 Å². The lowest BCUT2D eigenvalue weighted by Gasteiger charge is -2.35. The van der Waals surface area contributed by atoms with E-state index in [0.717, 1.165) is 23.9 Å². The molecule has 1 aromatic carbocycles. The summed E-state index contributed by atoms with van der Waals surface area (Å²) in [4.78, 5) is 6.40. The Morgan fingerprint density at radius 3 is 2.54 bits per heavy atom. The Kier molecular flexibility index (Phi) is 6.93. The molecule has 0 unspecified atom stereocenters. The van der Waals surface area contributed by atoms with Crippen LogP contribution in [0.2, 0.25) is 5.02 Å². The number of guanidine groups is 1. The summed E-state index contributed by atoms with van der Waals surface area (Å²) in [6, 6.07) is 9.34. The van der Waals surface area contributed by atoms with Gasteiger partial charge in [-0.15, -0.1) is 0 Å². The lowest BCUT2D eigenvalue weighted by Crippen LogP contribution is -2.54. The second-order valence-electron chi connectivity index (χ2n) is 6.48. The summed E-state index contributed by atoms with van der Waals surface area (Å²) in [5.41, 5.74) is 1.61. The van der Waals surface area contributed by atoms with E-state index in [2.05, 4.69) is 20.4 Å². The molecule has 0 spiro atoms. The topological polar surface area (TPSA) is 91.0 Å². The first-order valence-electron chi connectivity index (χ1n) is 9.05. The highest BCUT2D eigenvalue weighted by Crippen LogP contribution is 2.13. The summed E-state index contributed by atoms with van der Waals surface area (Å²) in [5.74, 6) is 0.639. The van der Waals surface area contributed by atoms with E-state index >= 15 is 0 Å². The van der Waals surface area contributed by atoms with Crippen molar-refractivity contribution >= 4 is 27.6 Å². The fraction of sp³-hybridized carbons (Fsp3) is 0.444. The van der Waals surface area contributed by atoms with E-state index in [-0.39, 0.29) is 5.75 Å². The third-order valence-electron chi connectivity index (χ3n) is 4.57. The Morgan fingerprint density at radius 2 is 1.93 bits per heavy atom. The van der Waals surface area contributed by atoms with Crippen molar-refractivity contribution in [3.8, 4) is 0 Å². The Balaban J connectivity index is 1.47. The molecule has 0 bridgehead atoms. The molecule has 3 rings (SSSR count). The van der Waals surface area contributed by atoms with Gasteiger partial charge >= 0.3 is 0 Å². The van der Waals surface area contributed by atoms with Crippen LogP contribution >= 0.6 is 11.6 Å². The first-order valence-corrected chi connectivity index (χ1v) is 11.0. The molecule has 0 aliphatic carbocycles. The molecule has 2 heterocycles. The number of nitrogens with one attached hydrogen (secondary N) is 1. The predicted molar refractivity (Wildman–Crippen MR) is 109 cm³/mol. The zero-order chi connectivity index (χ0) is 20.0. The average molecular weight is 426 g/mol. The highest BCUT2D eigenvalue weighted by Gasteiger charge is 2.28. The fourth-order valence-corrected chi connectivity index (χ4v) is 4.62. The largest absolute Gasteiger partial charge is 0.364 e. The number of sulfonamides is 1. The van der Waals surface area contributed by atoms with E-state index < -0.39 is 10.0 Å². The smallest absolute Gasteiger partial charge is 0.220 e. The molecule has 1 N–H and O–H groups in total. The maximum atomic E-state index is 12.5. The molecule has 0 radical (unpaired) electrons. The Morgan fingerprint density at radius 1 is 1.21 bits per heavy atom. The van der Waals surface area contributed by atoms with Crippen LogP contribution in [-0.2, 0) is 22.2 Å². The third kappa shape index (κ3) is 5.46. The van der Waals surface area contributed by atoms with Gasteiger partial charge in [-0.3, -0.25) is 4.99 Å². The van der Waals surface area contributed by atoms with Gasteiger partial charge in [0.25, 0.3) is 0 Å². The van der Waals surface area contributed by atoms with Crippen molar-refractivity contribution in [3.05, 3.63) is 52.9 Å². The second kappa shape index (κ2) is 9.40. The van der Waals surface area contributed by atoms with Crippen LogP contribution in [0.4, 0.5) is 0 Å². The average Bonchev–Trinajstić information content (AvgIpc) is 3.19. The van der Waals surface area contributed by atoms with Gasteiger partial charge in [0.1, 0.15) is 12.0 Å². The van der Waals surface area contributed by atoms with Gasteiger partial charge in [0.05, 0.1) is 5.69 Å². The molecule has 1 saturated heterocycles. The molecule has 152 valence electrons. The molecule has 1 aliphatic rings. The van der Waals surface area contributed by atoms with Crippen LogP contribution in [0.3, 0.4) is 0 Å². The summed E-state index contributed by atoms with van der Waals surface area (Å²) in [7, 11) is -1.67. The monoisotopic (exact) mass is 425 g/mol. The molecule has 1 aromatic heterocycles. The van der Waals surface area contributed by atoms with Gasteiger partial charge in [-0.05, 0) is 24.1 Å². The van der Waals surface area contributed by atoms with Crippen molar-refractivity contribution in [1.29, 1.82) is 0 Å². The Hall–Kier alpha value is -2.10. The molecule has 0 atom stereocenters. The van der Waals surface area contributed by atoms with E-state index in [1.165, 1.54) is 16.1 Å². The van der Waals surface area contributed by atoms with Crippen molar-refractivity contribution in [2.75, 3.05) is 39.8 Å². The highest BCUT2D eigenvalue weighted by molar-refractivity contribution is 7.88. The second-order valence-corrected chi connectivity index (χ2v) is 8.89. The third-order valence-corrected chi connectivity index (χ3v) is 6.64. The number of rotatable bonds is 6. The van der Waals surface area contributed by atoms with Crippen LogP contribution in [0, 0.1) is 0 Å². The number of hydrogen-bond donors (Lipinski definition) is 1. The summed E-state index contributed by atoms with van der Waals surface area (Å²) in [6.07, 6.45) is 2.23. The van der Waals surface area contributed by atoms with Gasteiger partial charge in [-0.1, -0.05) is 28.9 Å². The summed E-state index contributed by atoms with van der Waals surface area (Å²) in [6.45, 7) is 2.73. The van der Waals surface area contributed by atoms with Gasteiger partial charge in [0.2, 0.25) is 10.0 Å². The van der Waals surface area contributed by atoms with E-state index in [0.29, 0.717) is 31.9 Å². The van der Waals surface area contributed by atoms with Crippen molar-refractivity contribution < 1.29 is 12.9 Å². The van der Waals surface area contributed by atoms with Crippen molar-refractivity contribution in [1.82, 2.24) is 19.7 Å². The molecule has 10 heteroatoms. The maximum Gasteiger partial charge on any atom is 0.220 e. The first-order chi connectivity index (χ1) is 13.5. The minimum Gasteiger partial charge on any atom is -0.364 e. The number of benzene rings is 1. The molecule has 0 saturated carbocycles. The zero-order valence-corrected chi connectivity index (χ0v) is 17.3. The lowest BCUT2D eigenvalue weighted by molar-refractivity contribution is 0.260. The maximum absolute atomic E-state index is 12.5. The molecule has 8 nitrogen and oxygen atoms in total. The SMILES string of the molecule is CN=C(NCCc1ccc(Cl)cc1)N1CCN(S(=O)(=O)Cc2ccon2)CC1. The number of halogens is 1. The molecule has 2 aromatic rings. The predicted octanol–water partition coefficient (Wildman–Crippen LogP) is 1.59. The quantitative estimate of drug-likeness (QED) is 0.558. The van der Waals surface area contributed by atoms with Crippen LogP contribution < -0.4 is 5.32 Å². The van der Waals surface area contributed by atoms with E-state index in [9.17, 15) is 8.42 Å². The van der Waals surface area contributed by atoms with E-state index in [1.54, 1.807) is 13.1 Å². The van der Waals surface area contributed by atoms with E-state index in [1.807, 2.05) is 24.3 Å². The summed E-state index contributed by atoms with van der Waals surface area (Å²) < 4.78 is 31.3. The van der Waals surface area contributed by atoms with Gasteiger partial charge in [-0.25, -0.2) is 8.42 Å². The molecular formula is C18H24ClN5O3S. The summed E-state index contributed by atoms with van der Waals surface area (Å²) in [5, 5.41) is 7.76. The summed E-state index contributed by atoms with van der Waals surface area (Å²) >= 11 is 5.91. The van der Waals surface area contributed by atoms with E-state index in [4.69, 9.17) is 16.1 Å². The Bertz CT molecular complexity index is 876. The molecule has 28 heavy (non-hydrogen) atoms. The normalized spacial score (nSPS) is 16.4. The number of piperazine rings is 1. The number of aliphatic imine (C=N–C) groups is 1. The van der Waals surface area contributed by atoms with Crippen LogP contribution in [-0.4, -0.2) is 68.5 Å². The Labute approximate surface area is 170 Å². The molecule has 0 amide bonds. The number of aromatic nitrogens is 1. The van der Waals surface area contributed by atoms with Gasteiger partial charge in [0, 0.05) is 50.9 Å². The molecule has 1 aliphatic heterocycles. The lowest BCUT2D eigenvalue weighted by atomic mass is 10.1. The van der Waals surface area contributed by atoms with Crippen LogP contribution in [0.1, 0.15) is 11.3 Å². The van der Waals surface area contributed by atoms with Crippen LogP contribution in [0.5, 0.6) is 0 Å². The standard InChI is InChI=1S/C18H24ClN5O3S/c1-20-18(21-8-6-15-2-4-16(19)5-3-15)23-9-11-24(12-10-23)28(25,26)14-17-7-13-27-22-17/h2-5,7,13H,6,8-12,14H2,1H3,(H,20,21). The minimum absolute atomic E-state index is 0.141. The zero-order valence-electron chi connectivity index (χ0n) is 15.7. The van der Waals surface area contributed by atoms with Crippen LogP contribution in [0.15, 0.2) is 46.1 Å². The minimum atomic E-state index is -3.41. The molecular weight excluding hydrogens is 402 g/mol. The number of nitrogens with zero attached hydrogens (tertiary/aromatic N) is 4. The van der Waals surface area contributed by atoms with Crippen molar-refractivity contribution in [3.63, 3.8) is 0 Å². The molecule has 1 fully saturated rings. The van der Waals surface area contributed by atoms with Crippen LogP contribution in [0.25, 0.3) is 0 Å². The first kappa shape index (κ1) is 20.6. The van der Waals surface area contributed by atoms with Gasteiger partial charge < -0.3 is 14.7 Å². The highest BCUT2D eigenvalue weighted by atomic mass is 35.5. The number of hydrogen-bond acceptors (Lipinski definition) is 5. The van der Waals surface area contributed by atoms with Crippen molar-refractivity contribution in [2.45, 2.75) is 12.2 Å².